The van der Waals surface area contributed by atoms with Crippen molar-refractivity contribution in [1.82, 2.24) is 18.7 Å². The average Bonchev–Trinajstić information content (AvgIpc) is 3.33. The molecule has 9 nitrogen and oxygen atoms in total. The van der Waals surface area contributed by atoms with Gasteiger partial charge in [-0.1, -0.05) is 24.0 Å². The van der Waals surface area contributed by atoms with Gasteiger partial charge in [0.25, 0.3) is 5.56 Å². The molecule has 0 saturated carbocycles. The maximum absolute atomic E-state index is 12.9. The second-order valence-corrected chi connectivity index (χ2v) is 11.1. The summed E-state index contributed by atoms with van der Waals surface area (Å²) in [5.74, 6) is 6.16. The van der Waals surface area contributed by atoms with E-state index in [9.17, 15) is 18.0 Å². The van der Waals surface area contributed by atoms with E-state index < -0.39 is 21.3 Å². The number of aromatic nitrogens is 3. The first-order valence-corrected chi connectivity index (χ1v) is 13.5. The van der Waals surface area contributed by atoms with E-state index in [1.807, 2.05) is 12.1 Å². The van der Waals surface area contributed by atoms with E-state index in [0.29, 0.717) is 48.0 Å². The zero-order chi connectivity index (χ0) is 25.1. The molecule has 36 heavy (non-hydrogen) atoms. The molecule has 0 atom stereocenters. The molecule has 1 saturated heterocycles. The number of sulfonamides is 1. The Morgan fingerprint density at radius 3 is 2.47 bits per heavy atom. The number of morpholine rings is 1. The lowest BCUT2D eigenvalue weighted by Crippen LogP contribution is -2.40. The Labute approximate surface area is 211 Å². The molecule has 0 bridgehead atoms. The van der Waals surface area contributed by atoms with Crippen LogP contribution in [0.2, 0.25) is 0 Å². The lowest BCUT2D eigenvalue weighted by molar-refractivity contribution is 0.0730. The number of H-pyrrole nitrogens is 1. The first-order chi connectivity index (χ1) is 17.4. The van der Waals surface area contributed by atoms with Crippen molar-refractivity contribution >= 4 is 26.2 Å². The fraction of sp³-hybridized carbons (Fsp3) is 0.240. The summed E-state index contributed by atoms with van der Waals surface area (Å²) in [4.78, 5) is 32.8. The van der Waals surface area contributed by atoms with Crippen molar-refractivity contribution < 1.29 is 13.2 Å². The molecular formula is C25H22N4O5S2. The van der Waals surface area contributed by atoms with Gasteiger partial charge < -0.3 is 4.74 Å². The SMILES string of the molecule is O=c1[nH]c(=O)n2cc(C#CCc3ccncc3)sc2c1Cc1ccc(S(=O)(=O)N2CCOCC2)cc1. The fourth-order valence-corrected chi connectivity index (χ4v) is 6.33. The molecule has 0 amide bonds. The number of rotatable bonds is 5. The maximum atomic E-state index is 12.9. The summed E-state index contributed by atoms with van der Waals surface area (Å²) in [7, 11) is -3.60. The number of hydrogen-bond donors (Lipinski definition) is 1. The molecule has 0 spiro atoms. The van der Waals surface area contributed by atoms with Crippen molar-refractivity contribution in [3.8, 4) is 11.8 Å². The van der Waals surface area contributed by atoms with Crippen LogP contribution in [0.1, 0.15) is 21.6 Å². The number of aromatic amines is 1. The lowest BCUT2D eigenvalue weighted by Gasteiger charge is -2.26. The van der Waals surface area contributed by atoms with Crippen molar-refractivity contribution in [2.45, 2.75) is 17.7 Å². The van der Waals surface area contributed by atoms with Gasteiger partial charge in [-0.15, -0.1) is 11.3 Å². The average molecular weight is 523 g/mol. The molecule has 1 aliphatic heterocycles. The van der Waals surface area contributed by atoms with Gasteiger partial charge in [-0.2, -0.15) is 4.31 Å². The summed E-state index contributed by atoms with van der Waals surface area (Å²) in [5, 5.41) is 0. The highest BCUT2D eigenvalue weighted by atomic mass is 32.2. The van der Waals surface area contributed by atoms with Gasteiger partial charge in [-0.3, -0.25) is 19.2 Å². The second kappa shape index (κ2) is 10.2. The third kappa shape index (κ3) is 5.03. The normalized spacial score (nSPS) is 14.4. The van der Waals surface area contributed by atoms with Crippen LogP contribution in [0.15, 0.2) is 69.5 Å². The van der Waals surface area contributed by atoms with Crippen LogP contribution in [0.3, 0.4) is 0 Å². The Hall–Kier alpha value is -3.56. The number of hydrogen-bond acceptors (Lipinski definition) is 7. The molecular weight excluding hydrogens is 500 g/mol. The molecule has 1 N–H and O–H groups in total. The van der Waals surface area contributed by atoms with Crippen LogP contribution in [-0.2, 0) is 27.6 Å². The zero-order valence-corrected chi connectivity index (χ0v) is 20.8. The van der Waals surface area contributed by atoms with Gasteiger partial charge in [-0.25, -0.2) is 13.2 Å². The zero-order valence-electron chi connectivity index (χ0n) is 19.1. The van der Waals surface area contributed by atoms with Crippen LogP contribution >= 0.6 is 11.3 Å². The second-order valence-electron chi connectivity index (χ2n) is 8.18. The van der Waals surface area contributed by atoms with Gasteiger partial charge in [0.1, 0.15) is 4.83 Å². The highest BCUT2D eigenvalue weighted by Crippen LogP contribution is 2.22. The summed E-state index contributed by atoms with van der Waals surface area (Å²) in [6.07, 6.45) is 5.81. The molecule has 1 aromatic carbocycles. The standard InChI is InChI=1S/C25H22N4O5S2/c30-23-22(16-19-4-6-21(7-5-19)36(32,33)28-12-14-34-15-13-28)24-29(25(31)27-23)17-20(35-24)3-1-2-18-8-10-26-11-9-18/h4-11,17H,2,12-16H2,(H,27,30,31). The predicted octanol–water partition coefficient (Wildman–Crippen LogP) is 1.65. The van der Waals surface area contributed by atoms with Crippen LogP contribution in [0.25, 0.3) is 4.83 Å². The first-order valence-electron chi connectivity index (χ1n) is 11.2. The largest absolute Gasteiger partial charge is 0.379 e. The van der Waals surface area contributed by atoms with E-state index in [1.54, 1.807) is 42.9 Å². The number of pyridine rings is 1. The van der Waals surface area contributed by atoms with Gasteiger partial charge in [0.15, 0.2) is 0 Å². The number of ether oxygens (including phenoxy) is 1. The first kappa shape index (κ1) is 24.1. The van der Waals surface area contributed by atoms with Gasteiger partial charge in [-0.05, 0) is 35.4 Å². The Balaban J connectivity index is 1.41. The molecule has 4 heterocycles. The molecule has 4 aromatic rings. The Morgan fingerprint density at radius 2 is 1.75 bits per heavy atom. The van der Waals surface area contributed by atoms with E-state index in [4.69, 9.17) is 4.74 Å². The van der Waals surface area contributed by atoms with Gasteiger partial charge in [0.05, 0.1) is 28.5 Å². The number of thiazole rings is 1. The van der Waals surface area contributed by atoms with E-state index >= 15 is 0 Å². The van der Waals surface area contributed by atoms with Gasteiger partial charge in [0, 0.05) is 44.5 Å². The predicted molar refractivity (Wildman–Crippen MR) is 136 cm³/mol. The highest BCUT2D eigenvalue weighted by Gasteiger charge is 2.26. The maximum Gasteiger partial charge on any atom is 0.333 e. The quantitative estimate of drug-likeness (QED) is 0.399. The minimum absolute atomic E-state index is 0.194. The molecule has 3 aromatic heterocycles. The molecule has 184 valence electrons. The number of nitrogens with one attached hydrogen (secondary N) is 1. The summed E-state index contributed by atoms with van der Waals surface area (Å²) in [5.41, 5.74) is 1.21. The van der Waals surface area contributed by atoms with E-state index in [1.165, 1.54) is 20.0 Å². The minimum atomic E-state index is -3.60. The van der Waals surface area contributed by atoms with Gasteiger partial charge >= 0.3 is 5.69 Å². The van der Waals surface area contributed by atoms with Crippen LogP contribution in [0.4, 0.5) is 0 Å². The fourth-order valence-electron chi connectivity index (χ4n) is 3.91. The summed E-state index contributed by atoms with van der Waals surface area (Å²) >= 11 is 1.28. The molecule has 11 heteroatoms. The Bertz CT molecular complexity index is 1670. The van der Waals surface area contributed by atoms with Crippen LogP contribution in [-0.4, -0.2) is 53.4 Å². The number of nitrogens with zero attached hydrogens (tertiary/aromatic N) is 3. The molecule has 5 rings (SSSR count). The summed E-state index contributed by atoms with van der Waals surface area (Å²) in [6, 6.07) is 10.3. The van der Waals surface area contributed by atoms with Crippen LogP contribution in [0, 0.1) is 11.8 Å². The third-order valence-corrected chi connectivity index (χ3v) is 8.79. The Kier molecular flexibility index (Phi) is 6.84. The monoisotopic (exact) mass is 522 g/mol. The molecule has 0 radical (unpaired) electrons. The van der Waals surface area contributed by atoms with Crippen molar-refractivity contribution in [2.75, 3.05) is 26.3 Å². The van der Waals surface area contributed by atoms with Crippen molar-refractivity contribution in [2.24, 2.45) is 0 Å². The van der Waals surface area contributed by atoms with Crippen molar-refractivity contribution in [1.29, 1.82) is 0 Å². The smallest absolute Gasteiger partial charge is 0.333 e. The molecule has 0 unspecified atom stereocenters. The van der Waals surface area contributed by atoms with Crippen LogP contribution < -0.4 is 11.2 Å². The number of benzene rings is 1. The summed E-state index contributed by atoms with van der Waals surface area (Å²) in [6.45, 7) is 1.39. The van der Waals surface area contributed by atoms with E-state index in [-0.39, 0.29) is 11.3 Å². The van der Waals surface area contributed by atoms with Crippen molar-refractivity contribution in [3.05, 3.63) is 97.4 Å². The third-order valence-electron chi connectivity index (χ3n) is 5.81. The Morgan fingerprint density at radius 1 is 1.03 bits per heavy atom. The van der Waals surface area contributed by atoms with Crippen LogP contribution in [0.5, 0.6) is 0 Å². The molecule has 0 aliphatic carbocycles. The van der Waals surface area contributed by atoms with Gasteiger partial charge in [0.2, 0.25) is 10.0 Å². The minimum Gasteiger partial charge on any atom is -0.379 e. The lowest BCUT2D eigenvalue weighted by atomic mass is 10.1. The number of fused-ring (bicyclic) bond motifs is 1. The molecule has 1 fully saturated rings. The summed E-state index contributed by atoms with van der Waals surface area (Å²) < 4.78 is 33.8. The van der Waals surface area contributed by atoms with E-state index in [0.717, 1.165) is 11.1 Å². The van der Waals surface area contributed by atoms with E-state index in [2.05, 4.69) is 21.8 Å². The molecule has 1 aliphatic rings. The topological polar surface area (TPSA) is 114 Å². The highest BCUT2D eigenvalue weighted by molar-refractivity contribution is 7.89. The van der Waals surface area contributed by atoms with Crippen molar-refractivity contribution in [3.63, 3.8) is 0 Å².